The quantitative estimate of drug-likeness (QED) is 0.332. The Balaban J connectivity index is 1.34. The Bertz CT molecular complexity index is 1370. The summed E-state index contributed by atoms with van der Waals surface area (Å²) in [6, 6.07) is 22.2. The molecule has 34 heavy (non-hydrogen) atoms. The minimum absolute atomic E-state index is 0.157. The smallest absolute Gasteiger partial charge is 0.234 e. The first-order valence-electron chi connectivity index (χ1n) is 10.3. The van der Waals surface area contributed by atoms with E-state index in [9.17, 15) is 4.79 Å². The van der Waals surface area contributed by atoms with Gasteiger partial charge in [-0.05, 0) is 54.4 Å². The lowest BCUT2D eigenvalue weighted by Gasteiger charge is -2.10. The predicted molar refractivity (Wildman–Crippen MR) is 132 cm³/mol. The van der Waals surface area contributed by atoms with E-state index in [2.05, 4.69) is 21.6 Å². The predicted octanol–water partition coefficient (Wildman–Crippen LogP) is 5.41. The number of nitriles is 1. The minimum Gasteiger partial charge on any atom is -0.489 e. The van der Waals surface area contributed by atoms with Crippen molar-refractivity contribution in [1.82, 2.24) is 14.8 Å². The lowest BCUT2D eigenvalue weighted by Crippen LogP contribution is -2.14. The molecule has 0 fully saturated rings. The average molecular weight is 490 g/mol. The second-order valence-corrected chi connectivity index (χ2v) is 8.73. The van der Waals surface area contributed by atoms with Gasteiger partial charge in [-0.3, -0.25) is 9.36 Å². The summed E-state index contributed by atoms with van der Waals surface area (Å²) in [6.45, 7) is 2.26. The number of aryl methyl sites for hydroxylation is 1. The summed E-state index contributed by atoms with van der Waals surface area (Å²) in [4.78, 5) is 12.5. The van der Waals surface area contributed by atoms with E-state index in [4.69, 9.17) is 21.6 Å². The van der Waals surface area contributed by atoms with Crippen LogP contribution in [-0.4, -0.2) is 26.4 Å². The number of carbonyl (C=O) groups excluding carboxylic acids is 1. The highest BCUT2D eigenvalue weighted by atomic mass is 35.5. The van der Waals surface area contributed by atoms with E-state index >= 15 is 0 Å². The molecule has 0 saturated carbocycles. The van der Waals surface area contributed by atoms with E-state index in [1.165, 1.54) is 11.8 Å². The largest absolute Gasteiger partial charge is 0.489 e. The van der Waals surface area contributed by atoms with E-state index in [1.807, 2.05) is 49.4 Å². The lowest BCUT2D eigenvalue weighted by atomic mass is 10.1. The molecule has 1 amide bonds. The number of rotatable bonds is 8. The molecule has 0 radical (unpaired) electrons. The van der Waals surface area contributed by atoms with Crippen LogP contribution in [0.5, 0.6) is 5.75 Å². The summed E-state index contributed by atoms with van der Waals surface area (Å²) in [7, 11) is 0. The highest BCUT2D eigenvalue weighted by Crippen LogP contribution is 2.24. The van der Waals surface area contributed by atoms with Gasteiger partial charge in [0.25, 0.3) is 0 Å². The van der Waals surface area contributed by atoms with Gasteiger partial charge in [0.1, 0.15) is 18.7 Å². The minimum atomic E-state index is -0.180. The Morgan fingerprint density at radius 3 is 2.85 bits per heavy atom. The Morgan fingerprint density at radius 1 is 1.18 bits per heavy atom. The molecular weight excluding hydrogens is 470 g/mol. The highest BCUT2D eigenvalue weighted by molar-refractivity contribution is 7.99. The van der Waals surface area contributed by atoms with Crippen molar-refractivity contribution in [1.29, 1.82) is 5.26 Å². The number of nitrogens with one attached hydrogen (secondary N) is 1. The molecule has 3 aromatic carbocycles. The number of carbonyl (C=O) groups is 1. The molecule has 0 aliphatic heterocycles. The van der Waals surface area contributed by atoms with Crippen LogP contribution in [0.3, 0.4) is 0 Å². The number of ether oxygens (including phenoxy) is 1. The van der Waals surface area contributed by atoms with Gasteiger partial charge in [-0.25, -0.2) is 0 Å². The molecule has 1 N–H and O–H groups in total. The van der Waals surface area contributed by atoms with Gasteiger partial charge in [-0.15, -0.1) is 10.2 Å². The van der Waals surface area contributed by atoms with E-state index in [0.717, 1.165) is 16.8 Å². The zero-order valence-electron chi connectivity index (χ0n) is 18.2. The fraction of sp³-hybridized carbons (Fsp3) is 0.120. The maximum Gasteiger partial charge on any atom is 0.234 e. The fourth-order valence-corrected chi connectivity index (χ4v) is 4.02. The van der Waals surface area contributed by atoms with Crippen LogP contribution in [0, 0.1) is 18.3 Å². The number of nitrogens with zero attached hydrogens (tertiary/aromatic N) is 4. The van der Waals surface area contributed by atoms with E-state index in [-0.39, 0.29) is 11.7 Å². The van der Waals surface area contributed by atoms with Gasteiger partial charge < -0.3 is 10.1 Å². The topological polar surface area (TPSA) is 92.8 Å². The SMILES string of the molecule is Cc1ccc(-n2cnnc2SCC(=O)Nc2cccc(OCc3cccc(C#N)c3)c2)cc1Cl. The second kappa shape index (κ2) is 10.9. The van der Waals surface area contributed by atoms with Crippen LogP contribution in [0.2, 0.25) is 5.02 Å². The molecule has 0 aliphatic carbocycles. The average Bonchev–Trinajstić information content (AvgIpc) is 3.32. The molecule has 0 aliphatic rings. The summed E-state index contributed by atoms with van der Waals surface area (Å²) in [5.41, 5.74) is 3.91. The number of aromatic nitrogens is 3. The molecule has 7 nitrogen and oxygen atoms in total. The van der Waals surface area contributed by atoms with Gasteiger partial charge in [-0.1, -0.05) is 47.6 Å². The first-order chi connectivity index (χ1) is 16.5. The number of halogens is 1. The molecule has 0 atom stereocenters. The molecule has 1 aromatic heterocycles. The van der Waals surface area contributed by atoms with Crippen molar-refractivity contribution in [3.05, 3.63) is 94.8 Å². The summed E-state index contributed by atoms with van der Waals surface area (Å²) >= 11 is 7.51. The van der Waals surface area contributed by atoms with Crippen LogP contribution in [-0.2, 0) is 11.4 Å². The molecule has 0 unspecified atom stereocenters. The van der Waals surface area contributed by atoms with Gasteiger partial charge in [0.15, 0.2) is 5.16 Å². The van der Waals surface area contributed by atoms with Crippen molar-refractivity contribution in [3.8, 4) is 17.5 Å². The first-order valence-corrected chi connectivity index (χ1v) is 11.7. The van der Waals surface area contributed by atoms with Crippen molar-refractivity contribution < 1.29 is 9.53 Å². The van der Waals surface area contributed by atoms with Crippen molar-refractivity contribution in [2.45, 2.75) is 18.7 Å². The third-order valence-corrected chi connectivity index (χ3v) is 6.21. The molecule has 4 rings (SSSR count). The number of anilines is 1. The summed E-state index contributed by atoms with van der Waals surface area (Å²) in [5, 5.41) is 21.2. The zero-order valence-corrected chi connectivity index (χ0v) is 19.8. The Kier molecular flexibility index (Phi) is 7.48. The van der Waals surface area contributed by atoms with Gasteiger partial charge >= 0.3 is 0 Å². The zero-order chi connectivity index (χ0) is 23.9. The van der Waals surface area contributed by atoms with Crippen LogP contribution < -0.4 is 10.1 Å². The van der Waals surface area contributed by atoms with Crippen LogP contribution in [0.25, 0.3) is 5.69 Å². The van der Waals surface area contributed by atoms with Crippen LogP contribution in [0.15, 0.2) is 78.2 Å². The maximum atomic E-state index is 12.5. The van der Waals surface area contributed by atoms with Crippen molar-refractivity contribution in [3.63, 3.8) is 0 Å². The Labute approximate surface area is 206 Å². The van der Waals surface area contributed by atoms with Crippen molar-refractivity contribution in [2.24, 2.45) is 0 Å². The monoisotopic (exact) mass is 489 g/mol. The fourth-order valence-electron chi connectivity index (χ4n) is 3.12. The number of hydrogen-bond donors (Lipinski definition) is 1. The van der Waals surface area contributed by atoms with Gasteiger partial charge in [-0.2, -0.15) is 5.26 Å². The molecular formula is C25H20ClN5O2S. The normalized spacial score (nSPS) is 10.5. The molecule has 0 bridgehead atoms. The third-order valence-electron chi connectivity index (χ3n) is 4.86. The first kappa shape index (κ1) is 23.4. The van der Waals surface area contributed by atoms with E-state index < -0.39 is 0 Å². The van der Waals surface area contributed by atoms with Crippen molar-refractivity contribution in [2.75, 3.05) is 11.1 Å². The Hall–Kier alpha value is -3.80. The van der Waals surface area contributed by atoms with Crippen LogP contribution in [0.1, 0.15) is 16.7 Å². The number of hydrogen-bond acceptors (Lipinski definition) is 6. The van der Waals surface area contributed by atoms with Crippen molar-refractivity contribution >= 4 is 35.0 Å². The molecule has 4 aromatic rings. The van der Waals surface area contributed by atoms with Crippen LogP contribution in [0.4, 0.5) is 5.69 Å². The maximum absolute atomic E-state index is 12.5. The summed E-state index contributed by atoms with van der Waals surface area (Å²) in [6.07, 6.45) is 1.59. The second-order valence-electron chi connectivity index (χ2n) is 7.38. The molecule has 0 saturated heterocycles. The van der Waals surface area contributed by atoms with Crippen LogP contribution >= 0.6 is 23.4 Å². The molecule has 1 heterocycles. The lowest BCUT2D eigenvalue weighted by molar-refractivity contribution is -0.113. The number of benzene rings is 3. The van der Waals surface area contributed by atoms with Gasteiger partial charge in [0, 0.05) is 16.8 Å². The Morgan fingerprint density at radius 2 is 2.03 bits per heavy atom. The van der Waals surface area contributed by atoms with Gasteiger partial charge in [0.05, 0.1) is 23.1 Å². The number of amides is 1. The molecule has 170 valence electrons. The summed E-state index contributed by atoms with van der Waals surface area (Å²) in [5.74, 6) is 0.591. The molecule has 9 heteroatoms. The summed E-state index contributed by atoms with van der Waals surface area (Å²) < 4.78 is 7.61. The highest BCUT2D eigenvalue weighted by Gasteiger charge is 2.12. The molecule has 0 spiro atoms. The van der Waals surface area contributed by atoms with E-state index in [1.54, 1.807) is 35.2 Å². The number of thioether (sulfide) groups is 1. The van der Waals surface area contributed by atoms with E-state index in [0.29, 0.717) is 33.8 Å². The van der Waals surface area contributed by atoms with Gasteiger partial charge in [0.2, 0.25) is 5.91 Å². The third kappa shape index (κ3) is 5.95. The standard InChI is InChI=1S/C25H20ClN5O2S/c1-17-8-9-21(12-23(17)26)31-16-28-30-25(31)34-15-24(32)29-20-6-3-7-22(11-20)33-14-19-5-2-4-18(10-19)13-27/h2-12,16H,14-15H2,1H3,(H,29,32).